The molecule has 0 atom stereocenters. The number of Topliss-reactive ketones (excluding diaryl/α,β-unsaturated/α-hetero) is 1. The summed E-state index contributed by atoms with van der Waals surface area (Å²) in [5.41, 5.74) is 0.398. The SMILES string of the molecule is O=C(COc1ccc(Br)cc1F)c1ccc(O)cc1. The van der Waals surface area contributed by atoms with Gasteiger partial charge in [0.1, 0.15) is 5.75 Å². The van der Waals surface area contributed by atoms with Gasteiger partial charge >= 0.3 is 0 Å². The lowest BCUT2D eigenvalue weighted by Gasteiger charge is -2.07. The molecule has 98 valence electrons. The normalized spacial score (nSPS) is 10.2. The molecule has 0 bridgehead atoms. The molecule has 0 saturated carbocycles. The van der Waals surface area contributed by atoms with Gasteiger partial charge in [0.05, 0.1) is 0 Å². The summed E-state index contributed by atoms with van der Waals surface area (Å²) in [7, 11) is 0. The molecule has 19 heavy (non-hydrogen) atoms. The van der Waals surface area contributed by atoms with Gasteiger partial charge in [0.15, 0.2) is 24.0 Å². The zero-order valence-corrected chi connectivity index (χ0v) is 11.4. The maximum Gasteiger partial charge on any atom is 0.200 e. The molecule has 2 rings (SSSR count). The van der Waals surface area contributed by atoms with Crippen molar-refractivity contribution in [3.8, 4) is 11.5 Å². The highest BCUT2D eigenvalue weighted by molar-refractivity contribution is 9.10. The maximum atomic E-state index is 13.5. The highest BCUT2D eigenvalue weighted by Crippen LogP contribution is 2.21. The van der Waals surface area contributed by atoms with E-state index < -0.39 is 5.82 Å². The van der Waals surface area contributed by atoms with Crippen LogP contribution in [0.5, 0.6) is 11.5 Å². The molecule has 2 aromatic rings. The van der Waals surface area contributed by atoms with E-state index in [0.29, 0.717) is 10.0 Å². The predicted molar refractivity (Wildman–Crippen MR) is 72.0 cm³/mol. The average molecular weight is 325 g/mol. The molecule has 0 saturated heterocycles. The third kappa shape index (κ3) is 3.54. The summed E-state index contributed by atoms with van der Waals surface area (Å²) in [5.74, 6) is -0.720. The van der Waals surface area contributed by atoms with Gasteiger partial charge in [0, 0.05) is 10.0 Å². The fourth-order valence-corrected chi connectivity index (χ4v) is 1.80. The van der Waals surface area contributed by atoms with Gasteiger partial charge in [0.2, 0.25) is 0 Å². The summed E-state index contributed by atoms with van der Waals surface area (Å²) in [5, 5.41) is 9.11. The third-order valence-corrected chi connectivity index (χ3v) is 2.94. The van der Waals surface area contributed by atoms with Crippen LogP contribution in [0.1, 0.15) is 10.4 Å². The zero-order chi connectivity index (χ0) is 13.8. The Kier molecular flexibility index (Phi) is 4.16. The molecule has 0 aliphatic heterocycles. The zero-order valence-electron chi connectivity index (χ0n) is 9.77. The van der Waals surface area contributed by atoms with Crippen LogP contribution in [0.3, 0.4) is 0 Å². The molecule has 0 spiro atoms. The Morgan fingerprint density at radius 1 is 1.21 bits per heavy atom. The number of ether oxygens (including phenoxy) is 1. The average Bonchev–Trinajstić information content (AvgIpc) is 2.38. The van der Waals surface area contributed by atoms with Crippen molar-refractivity contribution in [1.29, 1.82) is 0 Å². The van der Waals surface area contributed by atoms with Crippen molar-refractivity contribution in [2.24, 2.45) is 0 Å². The molecule has 0 heterocycles. The first-order valence-electron chi connectivity index (χ1n) is 5.46. The minimum absolute atomic E-state index is 0.0235. The Labute approximate surface area is 117 Å². The minimum atomic E-state index is -0.534. The molecule has 0 aliphatic carbocycles. The van der Waals surface area contributed by atoms with E-state index in [4.69, 9.17) is 9.84 Å². The van der Waals surface area contributed by atoms with Crippen LogP contribution in [0.25, 0.3) is 0 Å². The smallest absolute Gasteiger partial charge is 0.200 e. The summed E-state index contributed by atoms with van der Waals surface area (Å²) < 4.78 is 19.2. The lowest BCUT2D eigenvalue weighted by Crippen LogP contribution is -2.12. The molecule has 1 N–H and O–H groups in total. The number of rotatable bonds is 4. The van der Waals surface area contributed by atoms with Gasteiger partial charge in [-0.1, -0.05) is 15.9 Å². The lowest BCUT2D eigenvalue weighted by molar-refractivity contribution is 0.0919. The van der Waals surface area contributed by atoms with E-state index in [1.165, 1.54) is 36.4 Å². The second kappa shape index (κ2) is 5.84. The maximum absolute atomic E-state index is 13.5. The Balaban J connectivity index is 2.02. The Morgan fingerprint density at radius 3 is 2.53 bits per heavy atom. The number of carbonyl (C=O) groups is 1. The van der Waals surface area contributed by atoms with Crippen LogP contribution in [-0.4, -0.2) is 17.5 Å². The van der Waals surface area contributed by atoms with Crippen molar-refractivity contribution in [2.45, 2.75) is 0 Å². The Hall–Kier alpha value is -1.88. The topological polar surface area (TPSA) is 46.5 Å². The van der Waals surface area contributed by atoms with Gasteiger partial charge in [-0.3, -0.25) is 4.79 Å². The number of hydrogen-bond acceptors (Lipinski definition) is 3. The fraction of sp³-hybridized carbons (Fsp3) is 0.0714. The van der Waals surface area contributed by atoms with E-state index >= 15 is 0 Å². The summed E-state index contributed by atoms with van der Waals surface area (Å²) in [6.45, 7) is -0.261. The number of hydrogen-bond donors (Lipinski definition) is 1. The molecule has 0 aromatic heterocycles. The van der Waals surface area contributed by atoms with Crippen LogP contribution >= 0.6 is 15.9 Å². The molecule has 5 heteroatoms. The van der Waals surface area contributed by atoms with Crippen LogP contribution in [0.4, 0.5) is 4.39 Å². The number of halogens is 2. The largest absolute Gasteiger partial charge is 0.508 e. The number of phenolic OH excluding ortho intramolecular Hbond substituents is 1. The number of benzene rings is 2. The highest BCUT2D eigenvalue weighted by Gasteiger charge is 2.09. The van der Waals surface area contributed by atoms with E-state index in [0.717, 1.165) is 0 Å². The van der Waals surface area contributed by atoms with Crippen molar-refractivity contribution in [1.82, 2.24) is 0 Å². The van der Waals surface area contributed by atoms with Gasteiger partial charge < -0.3 is 9.84 Å². The first-order chi connectivity index (χ1) is 9.06. The second-order valence-corrected chi connectivity index (χ2v) is 4.75. The van der Waals surface area contributed by atoms with Gasteiger partial charge in [0.25, 0.3) is 0 Å². The van der Waals surface area contributed by atoms with Crippen LogP contribution in [-0.2, 0) is 0 Å². The molecule has 3 nitrogen and oxygen atoms in total. The molecular weight excluding hydrogens is 315 g/mol. The van der Waals surface area contributed by atoms with Crippen LogP contribution in [0.15, 0.2) is 46.9 Å². The van der Waals surface area contributed by atoms with E-state index in [-0.39, 0.29) is 23.9 Å². The number of aromatic hydroxyl groups is 1. The van der Waals surface area contributed by atoms with E-state index in [1.54, 1.807) is 6.07 Å². The lowest BCUT2D eigenvalue weighted by atomic mass is 10.1. The minimum Gasteiger partial charge on any atom is -0.508 e. The van der Waals surface area contributed by atoms with Crippen molar-refractivity contribution >= 4 is 21.7 Å². The van der Waals surface area contributed by atoms with Gasteiger partial charge in [-0.25, -0.2) is 4.39 Å². The Morgan fingerprint density at radius 2 is 1.89 bits per heavy atom. The highest BCUT2D eigenvalue weighted by atomic mass is 79.9. The standard InChI is InChI=1S/C14H10BrFO3/c15-10-3-6-14(12(16)7-10)19-8-13(18)9-1-4-11(17)5-2-9/h1-7,17H,8H2. The fourth-order valence-electron chi connectivity index (χ4n) is 1.47. The molecule has 0 aliphatic rings. The van der Waals surface area contributed by atoms with Gasteiger partial charge in [-0.15, -0.1) is 0 Å². The first kappa shape index (κ1) is 13.5. The quantitative estimate of drug-likeness (QED) is 0.875. The van der Waals surface area contributed by atoms with Crippen molar-refractivity contribution < 1.29 is 19.0 Å². The first-order valence-corrected chi connectivity index (χ1v) is 6.25. The number of ketones is 1. The summed E-state index contributed by atoms with van der Waals surface area (Å²) in [6, 6.07) is 10.1. The van der Waals surface area contributed by atoms with Crippen LogP contribution in [0, 0.1) is 5.82 Å². The van der Waals surface area contributed by atoms with Gasteiger partial charge in [-0.05, 0) is 42.5 Å². The predicted octanol–water partition coefficient (Wildman–Crippen LogP) is 3.56. The molecule has 0 fully saturated rings. The number of phenols is 1. The van der Waals surface area contributed by atoms with Crippen molar-refractivity contribution in [3.63, 3.8) is 0 Å². The molecule has 0 unspecified atom stereocenters. The molecule has 2 aromatic carbocycles. The second-order valence-electron chi connectivity index (χ2n) is 3.83. The van der Waals surface area contributed by atoms with E-state index in [1.807, 2.05) is 0 Å². The van der Waals surface area contributed by atoms with E-state index in [9.17, 15) is 9.18 Å². The van der Waals surface area contributed by atoms with E-state index in [2.05, 4.69) is 15.9 Å². The van der Waals surface area contributed by atoms with Crippen molar-refractivity contribution in [2.75, 3.05) is 6.61 Å². The third-order valence-electron chi connectivity index (χ3n) is 2.44. The summed E-state index contributed by atoms with van der Waals surface area (Å²) in [4.78, 5) is 11.8. The molecule has 0 radical (unpaired) electrons. The van der Waals surface area contributed by atoms with Crippen LogP contribution < -0.4 is 4.74 Å². The Bertz CT molecular complexity index is 596. The summed E-state index contributed by atoms with van der Waals surface area (Å²) >= 11 is 3.13. The molecular formula is C14H10BrFO3. The van der Waals surface area contributed by atoms with Gasteiger partial charge in [-0.2, -0.15) is 0 Å². The van der Waals surface area contributed by atoms with Crippen molar-refractivity contribution in [3.05, 3.63) is 58.3 Å². The monoisotopic (exact) mass is 324 g/mol. The van der Waals surface area contributed by atoms with Crippen LogP contribution in [0.2, 0.25) is 0 Å². The number of carbonyl (C=O) groups excluding carboxylic acids is 1. The summed E-state index contributed by atoms with van der Waals surface area (Å²) in [6.07, 6.45) is 0. The molecule has 0 amide bonds.